The summed E-state index contributed by atoms with van der Waals surface area (Å²) in [5.74, 6) is 2.34. The molecule has 130 valence electrons. The molecule has 0 atom stereocenters. The minimum absolute atomic E-state index is 0.231. The molecule has 1 aromatic carbocycles. The second kappa shape index (κ2) is 7.21. The lowest BCUT2D eigenvalue weighted by molar-refractivity contribution is 0.0929. The molecule has 0 unspecified atom stereocenters. The first-order valence-electron chi connectivity index (χ1n) is 8.06. The fourth-order valence-corrected chi connectivity index (χ4v) is 2.42. The molecule has 1 amide bonds. The van der Waals surface area contributed by atoms with Crippen molar-refractivity contribution in [2.45, 2.75) is 6.92 Å². The highest BCUT2D eigenvalue weighted by atomic mass is 16.3. The van der Waals surface area contributed by atoms with Gasteiger partial charge >= 0.3 is 0 Å². The van der Waals surface area contributed by atoms with Crippen molar-refractivity contribution in [1.29, 1.82) is 0 Å². The molecular formula is C18H21N5O2. The largest absolute Gasteiger partial charge is 0.451 e. The predicted octanol–water partition coefficient (Wildman–Crippen LogP) is 2.44. The van der Waals surface area contributed by atoms with Gasteiger partial charge in [0.05, 0.1) is 0 Å². The number of benzene rings is 1. The number of carbonyl (C=O) groups is 1. The van der Waals surface area contributed by atoms with E-state index in [0.717, 1.165) is 17.0 Å². The van der Waals surface area contributed by atoms with Crippen molar-refractivity contribution in [1.82, 2.24) is 15.3 Å². The van der Waals surface area contributed by atoms with Crippen LogP contribution in [0.1, 0.15) is 16.4 Å². The zero-order valence-corrected chi connectivity index (χ0v) is 14.5. The average Bonchev–Trinajstić information content (AvgIpc) is 3.02. The highest BCUT2D eigenvalue weighted by molar-refractivity contribution is 5.96. The minimum atomic E-state index is -0.231. The third-order valence-corrected chi connectivity index (χ3v) is 3.65. The second-order valence-corrected chi connectivity index (χ2v) is 5.88. The third kappa shape index (κ3) is 4.06. The lowest BCUT2D eigenvalue weighted by Gasteiger charge is -2.14. The standard InChI is InChI=1S/C18H21N5O2/c1-12-21-16(11-17(22-12)23(2)3)19-8-9-20-18(24)15-10-13-6-4-5-7-14(13)25-15/h4-7,10-11H,8-9H2,1-3H3,(H,20,24)(H,19,21,22). The van der Waals surface area contributed by atoms with Gasteiger partial charge in [0.2, 0.25) is 0 Å². The molecule has 2 heterocycles. The summed E-state index contributed by atoms with van der Waals surface area (Å²) in [5, 5.41) is 6.94. The fourth-order valence-electron chi connectivity index (χ4n) is 2.42. The Balaban J connectivity index is 1.53. The van der Waals surface area contributed by atoms with E-state index < -0.39 is 0 Å². The van der Waals surface area contributed by atoms with Crippen LogP contribution in [-0.4, -0.2) is 43.1 Å². The van der Waals surface area contributed by atoms with Crippen LogP contribution in [0.2, 0.25) is 0 Å². The number of aromatic nitrogens is 2. The molecule has 0 radical (unpaired) electrons. The van der Waals surface area contributed by atoms with E-state index in [4.69, 9.17) is 4.42 Å². The Labute approximate surface area is 146 Å². The van der Waals surface area contributed by atoms with Crippen molar-refractivity contribution < 1.29 is 9.21 Å². The lowest BCUT2D eigenvalue weighted by atomic mass is 10.2. The first-order chi connectivity index (χ1) is 12.0. The molecule has 3 aromatic rings. The number of para-hydroxylation sites is 1. The van der Waals surface area contributed by atoms with Crippen molar-refractivity contribution in [2.24, 2.45) is 0 Å². The molecule has 3 rings (SSSR count). The maximum atomic E-state index is 12.2. The predicted molar refractivity (Wildman–Crippen MR) is 98.1 cm³/mol. The molecule has 0 aliphatic heterocycles. The number of nitrogens with zero attached hydrogens (tertiary/aromatic N) is 3. The Bertz CT molecular complexity index is 855. The quantitative estimate of drug-likeness (QED) is 0.671. The van der Waals surface area contributed by atoms with Gasteiger partial charge < -0.3 is 20.0 Å². The van der Waals surface area contributed by atoms with Crippen LogP contribution in [0.3, 0.4) is 0 Å². The molecule has 0 aliphatic carbocycles. The lowest BCUT2D eigenvalue weighted by Crippen LogP contribution is -2.28. The van der Waals surface area contributed by atoms with Crippen LogP contribution < -0.4 is 15.5 Å². The summed E-state index contributed by atoms with van der Waals surface area (Å²) < 4.78 is 5.54. The molecule has 0 saturated carbocycles. The van der Waals surface area contributed by atoms with Gasteiger partial charge in [-0.15, -0.1) is 0 Å². The smallest absolute Gasteiger partial charge is 0.287 e. The summed E-state index contributed by atoms with van der Waals surface area (Å²) in [7, 11) is 3.86. The number of aryl methyl sites for hydroxylation is 1. The number of hydrogen-bond acceptors (Lipinski definition) is 6. The average molecular weight is 339 g/mol. The van der Waals surface area contributed by atoms with Gasteiger partial charge in [-0.1, -0.05) is 18.2 Å². The van der Waals surface area contributed by atoms with Crippen LogP contribution in [0.4, 0.5) is 11.6 Å². The van der Waals surface area contributed by atoms with Crippen molar-refractivity contribution in [3.05, 3.63) is 48.0 Å². The van der Waals surface area contributed by atoms with Gasteiger partial charge in [0.1, 0.15) is 23.0 Å². The number of furan rings is 1. The van der Waals surface area contributed by atoms with E-state index in [9.17, 15) is 4.79 Å². The van der Waals surface area contributed by atoms with Gasteiger partial charge in [0.25, 0.3) is 5.91 Å². The number of anilines is 2. The number of rotatable bonds is 6. The van der Waals surface area contributed by atoms with Gasteiger partial charge in [-0.3, -0.25) is 4.79 Å². The summed E-state index contributed by atoms with van der Waals surface area (Å²) in [5.41, 5.74) is 0.707. The Kier molecular flexibility index (Phi) is 4.83. The summed E-state index contributed by atoms with van der Waals surface area (Å²) in [6.45, 7) is 2.85. The Morgan fingerprint density at radius 1 is 1.16 bits per heavy atom. The first kappa shape index (κ1) is 16.8. The van der Waals surface area contributed by atoms with Gasteiger partial charge in [0, 0.05) is 38.6 Å². The molecule has 2 aromatic heterocycles. The van der Waals surface area contributed by atoms with E-state index in [1.165, 1.54) is 0 Å². The SMILES string of the molecule is Cc1nc(NCCNC(=O)c2cc3ccccc3o2)cc(N(C)C)n1. The van der Waals surface area contributed by atoms with E-state index in [1.807, 2.05) is 56.3 Å². The Morgan fingerprint density at radius 2 is 1.96 bits per heavy atom. The van der Waals surface area contributed by atoms with Crippen molar-refractivity contribution in [3.8, 4) is 0 Å². The fraction of sp³-hybridized carbons (Fsp3) is 0.278. The first-order valence-corrected chi connectivity index (χ1v) is 8.06. The van der Waals surface area contributed by atoms with Crippen molar-refractivity contribution >= 4 is 28.5 Å². The van der Waals surface area contributed by atoms with E-state index in [-0.39, 0.29) is 5.91 Å². The molecule has 0 fully saturated rings. The minimum Gasteiger partial charge on any atom is -0.451 e. The monoisotopic (exact) mass is 339 g/mol. The van der Waals surface area contributed by atoms with Crippen LogP contribution in [0, 0.1) is 6.92 Å². The molecular weight excluding hydrogens is 318 g/mol. The zero-order valence-electron chi connectivity index (χ0n) is 14.5. The van der Waals surface area contributed by atoms with Crippen LogP contribution >= 0.6 is 0 Å². The number of nitrogens with one attached hydrogen (secondary N) is 2. The molecule has 2 N–H and O–H groups in total. The normalized spacial score (nSPS) is 10.7. The summed E-state index contributed by atoms with van der Waals surface area (Å²) in [4.78, 5) is 22.8. The van der Waals surface area contributed by atoms with Gasteiger partial charge in [-0.05, 0) is 19.1 Å². The number of carbonyl (C=O) groups excluding carboxylic acids is 1. The van der Waals surface area contributed by atoms with Crippen LogP contribution in [-0.2, 0) is 0 Å². The summed E-state index contributed by atoms with van der Waals surface area (Å²) in [6, 6.07) is 11.2. The topological polar surface area (TPSA) is 83.3 Å². The molecule has 7 nitrogen and oxygen atoms in total. The molecule has 0 spiro atoms. The number of fused-ring (bicyclic) bond motifs is 1. The summed E-state index contributed by atoms with van der Waals surface area (Å²) >= 11 is 0. The van der Waals surface area contributed by atoms with E-state index in [1.54, 1.807) is 6.07 Å². The molecule has 25 heavy (non-hydrogen) atoms. The van der Waals surface area contributed by atoms with Crippen LogP contribution in [0.5, 0.6) is 0 Å². The van der Waals surface area contributed by atoms with E-state index in [2.05, 4.69) is 20.6 Å². The molecule has 0 bridgehead atoms. The third-order valence-electron chi connectivity index (χ3n) is 3.65. The second-order valence-electron chi connectivity index (χ2n) is 5.88. The highest BCUT2D eigenvalue weighted by Gasteiger charge is 2.11. The van der Waals surface area contributed by atoms with E-state index >= 15 is 0 Å². The van der Waals surface area contributed by atoms with Gasteiger partial charge in [-0.25, -0.2) is 9.97 Å². The maximum absolute atomic E-state index is 12.2. The van der Waals surface area contributed by atoms with Crippen molar-refractivity contribution in [2.75, 3.05) is 37.4 Å². The number of hydrogen-bond donors (Lipinski definition) is 2. The number of amides is 1. The Hall–Kier alpha value is -3.09. The van der Waals surface area contributed by atoms with Gasteiger partial charge in [-0.2, -0.15) is 0 Å². The van der Waals surface area contributed by atoms with Crippen LogP contribution in [0.15, 0.2) is 40.8 Å². The molecule has 7 heteroatoms. The van der Waals surface area contributed by atoms with Crippen LogP contribution in [0.25, 0.3) is 11.0 Å². The molecule has 0 saturated heterocycles. The zero-order chi connectivity index (χ0) is 17.8. The van der Waals surface area contributed by atoms with Gasteiger partial charge in [0.15, 0.2) is 5.76 Å². The highest BCUT2D eigenvalue weighted by Crippen LogP contribution is 2.18. The molecule has 0 aliphatic rings. The Morgan fingerprint density at radius 3 is 2.72 bits per heavy atom. The van der Waals surface area contributed by atoms with E-state index in [0.29, 0.717) is 30.3 Å². The van der Waals surface area contributed by atoms with Crippen molar-refractivity contribution in [3.63, 3.8) is 0 Å². The maximum Gasteiger partial charge on any atom is 0.287 e. The summed E-state index contributed by atoms with van der Waals surface area (Å²) in [6.07, 6.45) is 0.